The molecule has 3 aromatic rings. The molecule has 0 aliphatic rings. The van der Waals surface area contributed by atoms with Crippen molar-refractivity contribution < 1.29 is 13.9 Å². The molecule has 0 spiro atoms. The third-order valence-corrected chi connectivity index (χ3v) is 3.91. The van der Waals surface area contributed by atoms with E-state index in [0.717, 1.165) is 5.56 Å². The molecule has 5 heteroatoms. The third-order valence-electron chi connectivity index (χ3n) is 3.91. The number of carbonyl (C=O) groups is 1. The minimum absolute atomic E-state index is 0.264. The summed E-state index contributed by atoms with van der Waals surface area (Å²) in [7, 11) is 0. The number of hydrogen-bond acceptors (Lipinski definition) is 4. The first-order valence-electron chi connectivity index (χ1n) is 8.23. The smallest absolute Gasteiger partial charge is 0.261 e. The Kier molecular flexibility index (Phi) is 5.35. The summed E-state index contributed by atoms with van der Waals surface area (Å²) in [5.74, 6) is 0.913. The maximum absolute atomic E-state index is 12.6. The number of ether oxygens (including phenoxy) is 1. The number of nitriles is 1. The van der Waals surface area contributed by atoms with E-state index in [0.29, 0.717) is 17.1 Å². The lowest BCUT2D eigenvalue weighted by atomic mass is 10.0. The molecule has 0 bridgehead atoms. The van der Waals surface area contributed by atoms with Crippen molar-refractivity contribution in [3.05, 3.63) is 89.9 Å². The molecule has 1 aromatic heterocycles. The minimum atomic E-state index is -0.705. The molecule has 26 heavy (non-hydrogen) atoms. The molecule has 1 amide bonds. The van der Waals surface area contributed by atoms with Gasteiger partial charge in [0.2, 0.25) is 0 Å². The van der Waals surface area contributed by atoms with Crippen molar-refractivity contribution in [1.29, 1.82) is 5.26 Å². The van der Waals surface area contributed by atoms with E-state index in [1.807, 2.05) is 42.5 Å². The van der Waals surface area contributed by atoms with Gasteiger partial charge in [0, 0.05) is 0 Å². The molecule has 2 aromatic carbocycles. The molecule has 5 nitrogen and oxygen atoms in total. The Bertz CT molecular complexity index is 881. The molecule has 0 saturated carbocycles. The molecule has 130 valence electrons. The summed E-state index contributed by atoms with van der Waals surface area (Å²) >= 11 is 0. The van der Waals surface area contributed by atoms with E-state index in [-0.39, 0.29) is 5.91 Å². The van der Waals surface area contributed by atoms with Crippen LogP contribution in [-0.4, -0.2) is 12.0 Å². The topological polar surface area (TPSA) is 75.3 Å². The summed E-state index contributed by atoms with van der Waals surface area (Å²) in [4.78, 5) is 12.6. The van der Waals surface area contributed by atoms with Crippen molar-refractivity contribution in [1.82, 2.24) is 5.32 Å². The number of carbonyl (C=O) groups excluding carboxylic acids is 1. The summed E-state index contributed by atoms with van der Waals surface area (Å²) in [5.41, 5.74) is 1.46. The van der Waals surface area contributed by atoms with Crippen molar-refractivity contribution in [2.75, 3.05) is 0 Å². The van der Waals surface area contributed by atoms with Crippen molar-refractivity contribution in [3.63, 3.8) is 0 Å². The van der Waals surface area contributed by atoms with Gasteiger partial charge in [-0.15, -0.1) is 0 Å². The van der Waals surface area contributed by atoms with Crippen LogP contribution >= 0.6 is 0 Å². The van der Waals surface area contributed by atoms with E-state index in [9.17, 15) is 4.79 Å². The average Bonchev–Trinajstić information content (AvgIpc) is 3.21. The predicted molar refractivity (Wildman–Crippen MR) is 96.4 cm³/mol. The molecule has 3 rings (SSSR count). The van der Waals surface area contributed by atoms with Crippen molar-refractivity contribution >= 4 is 5.91 Å². The number of nitrogens with one attached hydrogen (secondary N) is 1. The first-order chi connectivity index (χ1) is 12.7. The highest BCUT2D eigenvalue weighted by Crippen LogP contribution is 2.23. The predicted octanol–water partition coefficient (Wildman–Crippen LogP) is 3.82. The Balaban J connectivity index is 1.72. The number of nitrogens with zero attached hydrogens (tertiary/aromatic N) is 1. The molecule has 1 N–H and O–H groups in total. The van der Waals surface area contributed by atoms with Gasteiger partial charge in [-0.25, -0.2) is 0 Å². The second kappa shape index (κ2) is 8.04. The second-order valence-electron chi connectivity index (χ2n) is 5.76. The fourth-order valence-electron chi connectivity index (χ4n) is 2.55. The summed E-state index contributed by atoms with van der Waals surface area (Å²) in [5, 5.41) is 11.8. The van der Waals surface area contributed by atoms with E-state index >= 15 is 0 Å². The zero-order chi connectivity index (χ0) is 18.4. The third kappa shape index (κ3) is 4.11. The fourth-order valence-corrected chi connectivity index (χ4v) is 2.55. The van der Waals surface area contributed by atoms with Crippen LogP contribution in [0.4, 0.5) is 0 Å². The van der Waals surface area contributed by atoms with E-state index in [1.165, 1.54) is 0 Å². The number of amides is 1. The first-order valence-corrected chi connectivity index (χ1v) is 8.23. The van der Waals surface area contributed by atoms with E-state index < -0.39 is 12.1 Å². The zero-order valence-electron chi connectivity index (χ0n) is 14.3. The Labute approximate surface area is 151 Å². The van der Waals surface area contributed by atoms with Gasteiger partial charge in [0.05, 0.1) is 17.9 Å². The van der Waals surface area contributed by atoms with Gasteiger partial charge < -0.3 is 14.5 Å². The highest BCUT2D eigenvalue weighted by atomic mass is 16.5. The SMILES string of the molecule is CC(Oc1ccc(C#N)cc1)C(=O)NC(c1ccccc1)c1ccco1. The van der Waals surface area contributed by atoms with Gasteiger partial charge in [-0.05, 0) is 48.9 Å². The molecule has 2 unspecified atom stereocenters. The van der Waals surface area contributed by atoms with Crippen LogP contribution in [0.15, 0.2) is 77.4 Å². The van der Waals surface area contributed by atoms with Crippen LogP contribution < -0.4 is 10.1 Å². The molecule has 0 aliphatic heterocycles. The summed E-state index contributed by atoms with van der Waals surface area (Å²) < 4.78 is 11.2. The highest BCUT2D eigenvalue weighted by molar-refractivity contribution is 5.81. The molecular formula is C21H18N2O3. The van der Waals surface area contributed by atoms with Gasteiger partial charge in [0.25, 0.3) is 5.91 Å². The molecule has 0 aliphatic carbocycles. The number of furan rings is 1. The van der Waals surface area contributed by atoms with E-state index in [4.69, 9.17) is 14.4 Å². The average molecular weight is 346 g/mol. The van der Waals surface area contributed by atoms with Gasteiger partial charge in [-0.2, -0.15) is 5.26 Å². The van der Waals surface area contributed by atoms with Crippen LogP contribution in [0.25, 0.3) is 0 Å². The Morgan fingerprint density at radius 3 is 2.42 bits per heavy atom. The number of hydrogen-bond donors (Lipinski definition) is 1. The highest BCUT2D eigenvalue weighted by Gasteiger charge is 2.23. The maximum atomic E-state index is 12.6. The van der Waals surface area contributed by atoms with Gasteiger partial charge in [-0.3, -0.25) is 4.79 Å². The first kappa shape index (κ1) is 17.3. The van der Waals surface area contributed by atoms with Crippen molar-refractivity contribution in [2.45, 2.75) is 19.1 Å². The quantitative estimate of drug-likeness (QED) is 0.736. The Morgan fingerprint density at radius 1 is 1.08 bits per heavy atom. The zero-order valence-corrected chi connectivity index (χ0v) is 14.3. The van der Waals surface area contributed by atoms with Crippen molar-refractivity contribution in [3.8, 4) is 11.8 Å². The largest absolute Gasteiger partial charge is 0.481 e. The monoisotopic (exact) mass is 346 g/mol. The van der Waals surface area contributed by atoms with E-state index in [2.05, 4.69) is 5.32 Å². The van der Waals surface area contributed by atoms with Crippen LogP contribution in [0.5, 0.6) is 5.75 Å². The van der Waals surface area contributed by atoms with Crippen LogP contribution in [-0.2, 0) is 4.79 Å². The Morgan fingerprint density at radius 2 is 1.81 bits per heavy atom. The number of benzene rings is 2. The normalized spacial score (nSPS) is 12.6. The summed E-state index contributed by atoms with van der Waals surface area (Å²) in [6.07, 6.45) is 0.873. The van der Waals surface area contributed by atoms with E-state index in [1.54, 1.807) is 43.5 Å². The minimum Gasteiger partial charge on any atom is -0.481 e. The lowest BCUT2D eigenvalue weighted by Crippen LogP contribution is -2.38. The molecule has 0 fully saturated rings. The van der Waals surface area contributed by atoms with Crippen LogP contribution in [0.1, 0.15) is 29.9 Å². The van der Waals surface area contributed by atoms with Gasteiger partial charge >= 0.3 is 0 Å². The Hall–Kier alpha value is -3.52. The van der Waals surface area contributed by atoms with Gasteiger partial charge in [0.1, 0.15) is 17.6 Å². The van der Waals surface area contributed by atoms with Gasteiger partial charge in [-0.1, -0.05) is 30.3 Å². The standard InChI is InChI=1S/C21H18N2O3/c1-15(26-18-11-9-16(14-22)10-12-18)21(24)23-20(19-8-5-13-25-19)17-6-3-2-4-7-17/h2-13,15,20H,1H3,(H,23,24). The molecule has 1 heterocycles. The maximum Gasteiger partial charge on any atom is 0.261 e. The van der Waals surface area contributed by atoms with Crippen molar-refractivity contribution in [2.24, 2.45) is 0 Å². The second-order valence-corrected chi connectivity index (χ2v) is 5.76. The van der Waals surface area contributed by atoms with Crippen LogP contribution in [0, 0.1) is 11.3 Å². The summed E-state index contributed by atoms with van der Waals surface area (Å²) in [6, 6.07) is 21.5. The molecule has 0 saturated heterocycles. The number of rotatable bonds is 6. The lowest BCUT2D eigenvalue weighted by Gasteiger charge is -2.20. The lowest BCUT2D eigenvalue weighted by molar-refractivity contribution is -0.127. The molecular weight excluding hydrogens is 328 g/mol. The summed E-state index contributed by atoms with van der Waals surface area (Å²) in [6.45, 7) is 1.68. The van der Waals surface area contributed by atoms with Crippen LogP contribution in [0.3, 0.4) is 0 Å². The van der Waals surface area contributed by atoms with Gasteiger partial charge in [0.15, 0.2) is 6.10 Å². The molecule has 0 radical (unpaired) electrons. The van der Waals surface area contributed by atoms with Crippen LogP contribution in [0.2, 0.25) is 0 Å². The molecule has 2 atom stereocenters. The fraction of sp³-hybridized carbons (Fsp3) is 0.143.